The van der Waals surface area contributed by atoms with Crippen molar-refractivity contribution in [2.24, 2.45) is 0 Å². The first-order valence-corrected chi connectivity index (χ1v) is 5.84. The third-order valence-corrected chi connectivity index (χ3v) is 3.10. The zero-order valence-corrected chi connectivity index (χ0v) is 9.51. The second-order valence-corrected chi connectivity index (χ2v) is 4.23. The van der Waals surface area contributed by atoms with Crippen molar-refractivity contribution in [3.8, 4) is 5.75 Å². The van der Waals surface area contributed by atoms with Crippen LogP contribution < -0.4 is 5.32 Å². The average molecular weight is 225 g/mol. The largest absolute Gasteiger partial charge is 0.507 e. The van der Waals surface area contributed by atoms with Crippen molar-refractivity contribution in [3.05, 3.63) is 24.3 Å². The molecule has 0 heterocycles. The van der Waals surface area contributed by atoms with Gasteiger partial charge >= 0.3 is 0 Å². The number of phenolic OH excluding ortho intramolecular Hbond substituents is 1. The highest BCUT2D eigenvalue weighted by Crippen LogP contribution is 2.28. The van der Waals surface area contributed by atoms with Crippen LogP contribution >= 0.6 is 11.8 Å². The van der Waals surface area contributed by atoms with E-state index in [-0.39, 0.29) is 5.91 Å². The molecule has 0 aliphatic rings. The number of phenols is 1. The smallest absolute Gasteiger partial charge is 0.219 e. The summed E-state index contributed by atoms with van der Waals surface area (Å²) in [4.78, 5) is 11.8. The first-order chi connectivity index (χ1) is 7.24. The molecule has 0 aliphatic heterocycles. The van der Waals surface area contributed by atoms with Crippen LogP contribution in [0.3, 0.4) is 0 Å². The highest BCUT2D eigenvalue weighted by Gasteiger charge is 2.01. The highest BCUT2D eigenvalue weighted by atomic mass is 32.2. The molecule has 0 atom stereocenters. The van der Waals surface area contributed by atoms with Crippen LogP contribution in [0.1, 0.15) is 12.8 Å². The van der Waals surface area contributed by atoms with Crippen molar-refractivity contribution in [2.45, 2.75) is 17.7 Å². The van der Waals surface area contributed by atoms with Gasteiger partial charge in [-0.3, -0.25) is 4.79 Å². The quantitative estimate of drug-likeness (QED) is 0.595. The number of hydrogen-bond donors (Lipinski definition) is 2. The Morgan fingerprint density at radius 3 is 2.87 bits per heavy atom. The summed E-state index contributed by atoms with van der Waals surface area (Å²) in [5, 5.41) is 12.0. The van der Waals surface area contributed by atoms with E-state index in [4.69, 9.17) is 0 Å². The molecule has 0 aliphatic carbocycles. The van der Waals surface area contributed by atoms with E-state index in [0.29, 0.717) is 12.2 Å². The molecule has 15 heavy (non-hydrogen) atoms. The summed E-state index contributed by atoms with van der Waals surface area (Å²) in [5.74, 6) is 1.21. The van der Waals surface area contributed by atoms with Crippen LogP contribution in [0.2, 0.25) is 0 Å². The lowest BCUT2D eigenvalue weighted by Crippen LogP contribution is -2.17. The third-order valence-electron chi connectivity index (χ3n) is 1.95. The van der Waals surface area contributed by atoms with Crippen molar-refractivity contribution < 1.29 is 9.90 Å². The second kappa shape index (κ2) is 6.35. The number of benzene rings is 1. The number of aromatic hydroxyl groups is 1. The van der Waals surface area contributed by atoms with Gasteiger partial charge in [-0.25, -0.2) is 0 Å². The third kappa shape index (κ3) is 4.25. The molecule has 0 fully saturated rings. The van der Waals surface area contributed by atoms with Crippen LogP contribution in [-0.2, 0) is 4.79 Å². The van der Waals surface area contributed by atoms with E-state index in [1.165, 1.54) is 0 Å². The van der Waals surface area contributed by atoms with Gasteiger partial charge in [-0.1, -0.05) is 12.1 Å². The van der Waals surface area contributed by atoms with E-state index < -0.39 is 0 Å². The van der Waals surface area contributed by atoms with E-state index in [1.54, 1.807) is 30.9 Å². The van der Waals surface area contributed by atoms with Crippen LogP contribution in [0.4, 0.5) is 0 Å². The molecule has 1 rings (SSSR count). The van der Waals surface area contributed by atoms with E-state index >= 15 is 0 Å². The number of nitrogens with one attached hydrogen (secondary N) is 1. The maximum absolute atomic E-state index is 10.9. The molecule has 0 bridgehead atoms. The lowest BCUT2D eigenvalue weighted by molar-refractivity contribution is -0.120. The number of carbonyl (C=O) groups is 1. The van der Waals surface area contributed by atoms with Gasteiger partial charge in [0.2, 0.25) is 5.91 Å². The topological polar surface area (TPSA) is 49.3 Å². The zero-order chi connectivity index (χ0) is 11.1. The van der Waals surface area contributed by atoms with E-state index in [1.807, 2.05) is 12.1 Å². The monoisotopic (exact) mass is 225 g/mol. The Labute approximate surface area is 93.9 Å². The number of para-hydroxylation sites is 1. The number of hydrogen-bond acceptors (Lipinski definition) is 3. The van der Waals surface area contributed by atoms with Crippen molar-refractivity contribution in [3.63, 3.8) is 0 Å². The van der Waals surface area contributed by atoms with Crippen molar-refractivity contribution in [1.29, 1.82) is 0 Å². The SMILES string of the molecule is CNC(=O)CCCSc1ccccc1O. The fourth-order valence-corrected chi connectivity index (χ4v) is 2.02. The molecule has 0 aromatic heterocycles. The molecule has 0 saturated carbocycles. The average Bonchev–Trinajstić information content (AvgIpc) is 2.26. The van der Waals surface area contributed by atoms with Gasteiger partial charge in [0.15, 0.2) is 0 Å². The zero-order valence-electron chi connectivity index (χ0n) is 8.69. The molecular formula is C11H15NO2S. The Morgan fingerprint density at radius 2 is 2.20 bits per heavy atom. The standard InChI is InChI=1S/C11H15NO2S/c1-12-11(14)7-4-8-15-10-6-3-2-5-9(10)13/h2-3,5-6,13H,4,7-8H2,1H3,(H,12,14). The Balaban J connectivity index is 2.26. The molecule has 1 amide bonds. The fourth-order valence-electron chi connectivity index (χ4n) is 1.12. The van der Waals surface area contributed by atoms with E-state index in [9.17, 15) is 9.90 Å². The fraction of sp³-hybridized carbons (Fsp3) is 0.364. The van der Waals surface area contributed by atoms with Gasteiger partial charge in [-0.15, -0.1) is 11.8 Å². The summed E-state index contributed by atoms with van der Waals surface area (Å²) in [5.41, 5.74) is 0. The first kappa shape index (κ1) is 11.9. The molecule has 3 nitrogen and oxygen atoms in total. The lowest BCUT2D eigenvalue weighted by Gasteiger charge is -2.03. The maximum atomic E-state index is 10.9. The maximum Gasteiger partial charge on any atom is 0.219 e. The minimum atomic E-state index is 0.0629. The van der Waals surface area contributed by atoms with Crippen LogP contribution in [-0.4, -0.2) is 23.8 Å². The van der Waals surface area contributed by atoms with E-state index in [0.717, 1.165) is 17.1 Å². The molecule has 1 aromatic rings. The predicted molar refractivity (Wildman–Crippen MR) is 62.1 cm³/mol. The Hall–Kier alpha value is -1.16. The summed E-state index contributed by atoms with van der Waals surface area (Å²) < 4.78 is 0. The van der Waals surface area contributed by atoms with E-state index in [2.05, 4.69) is 5.32 Å². The Morgan fingerprint density at radius 1 is 1.47 bits per heavy atom. The summed E-state index contributed by atoms with van der Waals surface area (Å²) in [6, 6.07) is 7.23. The van der Waals surface area contributed by atoms with Gasteiger partial charge in [0, 0.05) is 18.4 Å². The van der Waals surface area contributed by atoms with Gasteiger partial charge in [-0.05, 0) is 24.3 Å². The van der Waals surface area contributed by atoms with Gasteiger partial charge in [-0.2, -0.15) is 0 Å². The number of amides is 1. The number of carbonyl (C=O) groups excluding carboxylic acids is 1. The van der Waals surface area contributed by atoms with Crippen molar-refractivity contribution >= 4 is 17.7 Å². The summed E-state index contributed by atoms with van der Waals surface area (Å²) in [7, 11) is 1.64. The summed E-state index contributed by atoms with van der Waals surface area (Å²) in [6.07, 6.45) is 1.36. The Kier molecular flexibility index (Phi) is 5.04. The molecular weight excluding hydrogens is 210 g/mol. The molecule has 0 radical (unpaired) electrons. The van der Waals surface area contributed by atoms with Crippen LogP contribution in [0.15, 0.2) is 29.2 Å². The van der Waals surface area contributed by atoms with Gasteiger partial charge in [0.25, 0.3) is 0 Å². The lowest BCUT2D eigenvalue weighted by atomic mass is 10.3. The summed E-state index contributed by atoms with van der Waals surface area (Å²) in [6.45, 7) is 0. The van der Waals surface area contributed by atoms with Gasteiger partial charge in [0.1, 0.15) is 5.75 Å². The van der Waals surface area contributed by atoms with Crippen LogP contribution in [0, 0.1) is 0 Å². The van der Waals surface area contributed by atoms with Crippen LogP contribution in [0.25, 0.3) is 0 Å². The summed E-state index contributed by atoms with van der Waals surface area (Å²) >= 11 is 1.57. The number of thioether (sulfide) groups is 1. The second-order valence-electron chi connectivity index (χ2n) is 3.09. The van der Waals surface area contributed by atoms with Crippen molar-refractivity contribution in [2.75, 3.05) is 12.8 Å². The molecule has 0 saturated heterocycles. The molecule has 82 valence electrons. The van der Waals surface area contributed by atoms with Crippen molar-refractivity contribution in [1.82, 2.24) is 5.32 Å². The minimum Gasteiger partial charge on any atom is -0.507 e. The normalized spacial score (nSPS) is 9.93. The highest BCUT2D eigenvalue weighted by molar-refractivity contribution is 7.99. The molecule has 0 unspecified atom stereocenters. The molecule has 2 N–H and O–H groups in total. The van der Waals surface area contributed by atoms with Gasteiger partial charge in [0.05, 0.1) is 0 Å². The number of rotatable bonds is 5. The molecule has 4 heteroatoms. The van der Waals surface area contributed by atoms with Gasteiger partial charge < -0.3 is 10.4 Å². The van der Waals surface area contributed by atoms with Crippen LogP contribution in [0.5, 0.6) is 5.75 Å². The predicted octanol–water partition coefficient (Wildman–Crippen LogP) is 2.01. The molecule has 0 spiro atoms. The first-order valence-electron chi connectivity index (χ1n) is 4.85. The molecule has 1 aromatic carbocycles. The Bertz CT molecular complexity index is 328. The minimum absolute atomic E-state index is 0.0629.